The summed E-state index contributed by atoms with van der Waals surface area (Å²) in [5.74, 6) is -0.232. The maximum Gasteiger partial charge on any atom is 0.237 e. The minimum absolute atomic E-state index is 0.163. The third-order valence-electron chi connectivity index (χ3n) is 2.26. The highest BCUT2D eigenvalue weighted by Crippen LogP contribution is 2.10. The third-order valence-corrected chi connectivity index (χ3v) is 2.26. The maximum atomic E-state index is 11.5. The van der Waals surface area contributed by atoms with Gasteiger partial charge in [0, 0.05) is 0 Å². The fraction of sp³-hybridized carbons (Fsp3) is 0.333. The van der Waals surface area contributed by atoms with Crippen molar-refractivity contribution in [2.75, 3.05) is 0 Å². The highest BCUT2D eigenvalue weighted by atomic mass is 16.3. The van der Waals surface area contributed by atoms with E-state index in [2.05, 4.69) is 5.32 Å². The Kier molecular flexibility index (Phi) is 4.66. The molecule has 0 aliphatic heterocycles. The topological polar surface area (TPSA) is 92.4 Å². The summed E-state index contributed by atoms with van der Waals surface area (Å²) < 4.78 is 0. The van der Waals surface area contributed by atoms with Crippen LogP contribution in [0, 0.1) is 0 Å². The lowest BCUT2D eigenvalue weighted by Crippen LogP contribution is -2.45. The van der Waals surface area contributed by atoms with Gasteiger partial charge in [0.25, 0.3) is 0 Å². The lowest BCUT2D eigenvalue weighted by Gasteiger charge is -2.13. The molecule has 91 valence electrons. The van der Waals surface area contributed by atoms with Gasteiger partial charge in [0.05, 0.1) is 12.1 Å². The van der Waals surface area contributed by atoms with E-state index in [4.69, 9.17) is 10.8 Å². The largest absolute Gasteiger partial charge is 0.508 e. The molecule has 4 N–H and O–H groups in total. The average Bonchev–Trinajstić information content (AvgIpc) is 2.31. The molecule has 1 aromatic rings. The average molecular weight is 235 g/mol. The minimum atomic E-state index is -0.727. The number of benzene rings is 1. The van der Waals surface area contributed by atoms with E-state index >= 15 is 0 Å². The number of amides is 1. The first-order valence-corrected chi connectivity index (χ1v) is 5.24. The molecule has 0 saturated carbocycles. The summed E-state index contributed by atoms with van der Waals surface area (Å²) in [6, 6.07) is 5.06. The van der Waals surface area contributed by atoms with E-state index in [0.717, 1.165) is 5.56 Å². The predicted molar refractivity (Wildman–Crippen MR) is 63.1 cm³/mol. The molecule has 0 aromatic heterocycles. The van der Waals surface area contributed by atoms with Crippen LogP contribution in [-0.2, 0) is 16.0 Å². The SMILES string of the molecule is C[C@@H]([C]=O)NC(=O)[C@H](N)Cc1ccc(O)cc1. The number of rotatable bonds is 5. The van der Waals surface area contributed by atoms with E-state index in [-0.39, 0.29) is 5.75 Å². The van der Waals surface area contributed by atoms with Crippen molar-refractivity contribution in [3.63, 3.8) is 0 Å². The second-order valence-corrected chi connectivity index (χ2v) is 3.83. The summed E-state index contributed by atoms with van der Waals surface area (Å²) in [4.78, 5) is 21.8. The number of nitrogens with one attached hydrogen (secondary N) is 1. The van der Waals surface area contributed by atoms with Crippen LogP contribution in [0.4, 0.5) is 0 Å². The van der Waals surface area contributed by atoms with Crippen LogP contribution < -0.4 is 11.1 Å². The van der Waals surface area contributed by atoms with Gasteiger partial charge in [-0.3, -0.25) is 9.59 Å². The fourth-order valence-electron chi connectivity index (χ4n) is 1.33. The molecule has 0 fully saturated rings. The van der Waals surface area contributed by atoms with Gasteiger partial charge in [0.2, 0.25) is 12.2 Å². The van der Waals surface area contributed by atoms with Gasteiger partial charge in [-0.1, -0.05) is 12.1 Å². The molecule has 1 amide bonds. The van der Waals surface area contributed by atoms with Gasteiger partial charge < -0.3 is 16.2 Å². The smallest absolute Gasteiger partial charge is 0.237 e. The van der Waals surface area contributed by atoms with Crippen molar-refractivity contribution in [2.24, 2.45) is 5.73 Å². The molecular formula is C12H15N2O3. The molecule has 5 heteroatoms. The molecule has 0 aliphatic rings. The lowest BCUT2D eigenvalue weighted by atomic mass is 10.1. The molecule has 0 unspecified atom stereocenters. The Bertz CT molecular complexity index is 389. The summed E-state index contributed by atoms with van der Waals surface area (Å²) >= 11 is 0. The monoisotopic (exact) mass is 235 g/mol. The van der Waals surface area contributed by atoms with Crippen molar-refractivity contribution in [2.45, 2.75) is 25.4 Å². The molecule has 5 nitrogen and oxygen atoms in total. The summed E-state index contributed by atoms with van der Waals surface area (Å²) in [7, 11) is 0. The van der Waals surface area contributed by atoms with Gasteiger partial charge in [-0.15, -0.1) is 0 Å². The van der Waals surface area contributed by atoms with Crippen LogP contribution >= 0.6 is 0 Å². The van der Waals surface area contributed by atoms with E-state index < -0.39 is 18.0 Å². The minimum Gasteiger partial charge on any atom is -0.508 e. The molecule has 0 bridgehead atoms. The van der Waals surface area contributed by atoms with Crippen LogP contribution in [-0.4, -0.2) is 29.4 Å². The third kappa shape index (κ3) is 4.24. The van der Waals surface area contributed by atoms with Crippen LogP contribution in [0.5, 0.6) is 5.75 Å². The summed E-state index contributed by atoms with van der Waals surface area (Å²) in [6.07, 6.45) is 2.00. The van der Waals surface area contributed by atoms with E-state index in [9.17, 15) is 9.59 Å². The Morgan fingerprint density at radius 2 is 2.06 bits per heavy atom. The standard InChI is InChI=1S/C12H15N2O3/c1-8(7-15)14-12(17)11(13)6-9-2-4-10(16)5-3-9/h2-5,8,11,16H,6,13H2,1H3,(H,14,17)/t8-,11+/m0/s1. The first kappa shape index (κ1) is 13.2. The van der Waals surface area contributed by atoms with Crippen LogP contribution in [0.1, 0.15) is 12.5 Å². The molecule has 0 aliphatic carbocycles. The Balaban J connectivity index is 2.53. The highest BCUT2D eigenvalue weighted by molar-refractivity contribution is 5.84. The number of phenols is 1. The number of phenolic OH excluding ortho intramolecular Hbond substituents is 1. The Hall–Kier alpha value is -1.88. The number of aromatic hydroxyl groups is 1. The van der Waals surface area contributed by atoms with E-state index in [0.29, 0.717) is 6.42 Å². The molecule has 0 heterocycles. The van der Waals surface area contributed by atoms with Gasteiger partial charge in [-0.2, -0.15) is 0 Å². The molecule has 1 aromatic carbocycles. The number of carbonyl (C=O) groups is 1. The lowest BCUT2D eigenvalue weighted by molar-refractivity contribution is -0.122. The Morgan fingerprint density at radius 1 is 1.47 bits per heavy atom. The van der Waals surface area contributed by atoms with E-state index in [1.165, 1.54) is 19.1 Å². The number of hydrogen-bond acceptors (Lipinski definition) is 4. The summed E-state index contributed by atoms with van der Waals surface area (Å²) in [5, 5.41) is 11.5. The summed E-state index contributed by atoms with van der Waals surface area (Å²) in [6.45, 7) is 1.53. The second-order valence-electron chi connectivity index (χ2n) is 3.83. The maximum absolute atomic E-state index is 11.5. The molecule has 0 saturated heterocycles. The quantitative estimate of drug-likeness (QED) is 0.663. The zero-order chi connectivity index (χ0) is 12.8. The Morgan fingerprint density at radius 3 is 2.59 bits per heavy atom. The van der Waals surface area contributed by atoms with Gasteiger partial charge >= 0.3 is 0 Å². The van der Waals surface area contributed by atoms with Gasteiger partial charge in [-0.05, 0) is 31.0 Å². The van der Waals surface area contributed by atoms with Crippen molar-refractivity contribution in [3.05, 3.63) is 29.8 Å². The van der Waals surface area contributed by atoms with Gasteiger partial charge in [0.15, 0.2) is 0 Å². The zero-order valence-electron chi connectivity index (χ0n) is 9.51. The van der Waals surface area contributed by atoms with Gasteiger partial charge in [-0.25, -0.2) is 0 Å². The first-order chi connectivity index (χ1) is 8.02. The number of carbonyl (C=O) groups excluding carboxylic acids is 2. The molecule has 2 atom stereocenters. The van der Waals surface area contributed by atoms with Crippen LogP contribution in [0.15, 0.2) is 24.3 Å². The normalized spacial score (nSPS) is 13.8. The highest BCUT2D eigenvalue weighted by Gasteiger charge is 2.16. The van der Waals surface area contributed by atoms with Crippen molar-refractivity contribution in [1.29, 1.82) is 0 Å². The van der Waals surface area contributed by atoms with E-state index in [1.54, 1.807) is 18.4 Å². The second kappa shape index (κ2) is 6.00. The molecule has 1 rings (SSSR count). The number of hydrogen-bond donors (Lipinski definition) is 3. The van der Waals surface area contributed by atoms with Crippen molar-refractivity contribution >= 4 is 12.2 Å². The van der Waals surface area contributed by atoms with Crippen LogP contribution in [0.3, 0.4) is 0 Å². The van der Waals surface area contributed by atoms with Gasteiger partial charge in [0.1, 0.15) is 5.75 Å². The van der Waals surface area contributed by atoms with Crippen LogP contribution in [0.2, 0.25) is 0 Å². The fourth-order valence-corrected chi connectivity index (χ4v) is 1.33. The predicted octanol–water partition coefficient (Wildman–Crippen LogP) is -0.124. The van der Waals surface area contributed by atoms with Crippen molar-refractivity contribution in [3.8, 4) is 5.75 Å². The molecule has 17 heavy (non-hydrogen) atoms. The first-order valence-electron chi connectivity index (χ1n) is 5.24. The van der Waals surface area contributed by atoms with Crippen molar-refractivity contribution in [1.82, 2.24) is 5.32 Å². The Labute approximate surface area is 99.6 Å². The number of nitrogens with two attached hydrogens (primary N) is 1. The molecule has 1 radical (unpaired) electrons. The van der Waals surface area contributed by atoms with E-state index in [1.807, 2.05) is 0 Å². The van der Waals surface area contributed by atoms with Crippen LogP contribution in [0.25, 0.3) is 0 Å². The van der Waals surface area contributed by atoms with Crippen molar-refractivity contribution < 1.29 is 14.7 Å². The summed E-state index contributed by atoms with van der Waals surface area (Å²) in [5.41, 5.74) is 6.53. The molecule has 0 spiro atoms. The zero-order valence-corrected chi connectivity index (χ0v) is 9.51. The molecular weight excluding hydrogens is 220 g/mol.